The fraction of sp³-hybridized carbons (Fsp3) is 0.316. The molecule has 2 aromatic rings. The number of ether oxygens (including phenoxy) is 1. The number of para-hydroxylation sites is 1. The second-order valence-electron chi connectivity index (χ2n) is 6.42. The van der Waals surface area contributed by atoms with Crippen molar-refractivity contribution in [1.29, 1.82) is 0 Å². The molecule has 0 aliphatic carbocycles. The molecule has 2 aromatic carbocycles. The number of carbonyl (C=O) groups excluding carboxylic acids is 1. The van der Waals surface area contributed by atoms with Gasteiger partial charge < -0.3 is 9.64 Å². The molecule has 4 nitrogen and oxygen atoms in total. The molecule has 0 unspecified atom stereocenters. The molecule has 124 valence electrons. The van der Waals surface area contributed by atoms with E-state index in [1.807, 2.05) is 60.5 Å². The highest BCUT2D eigenvalue weighted by molar-refractivity contribution is 6.31. The fourth-order valence-electron chi connectivity index (χ4n) is 3.57. The van der Waals surface area contributed by atoms with Crippen LogP contribution in [0.3, 0.4) is 0 Å². The van der Waals surface area contributed by atoms with Gasteiger partial charge in [-0.15, -0.1) is 0 Å². The predicted octanol–water partition coefficient (Wildman–Crippen LogP) is 3.06. The molecule has 1 saturated heterocycles. The number of likely N-dealkylation sites (tertiary alicyclic amines) is 1. The standard InChI is InChI=1S/C19H19ClN2O2/c1-21-16-11-22(10-13-6-2-4-8-15(13)20)12-18(16)24-17-9-5-3-7-14(17)19(21)23/h2-9,16,18H,10-12H2,1H3/t16-,18+/m1/s1. The van der Waals surface area contributed by atoms with Gasteiger partial charge in [-0.1, -0.05) is 41.9 Å². The van der Waals surface area contributed by atoms with E-state index in [0.29, 0.717) is 11.3 Å². The van der Waals surface area contributed by atoms with Gasteiger partial charge in [-0.2, -0.15) is 0 Å². The Morgan fingerprint density at radius 2 is 1.88 bits per heavy atom. The first-order chi connectivity index (χ1) is 11.6. The van der Waals surface area contributed by atoms with Crippen LogP contribution in [0.2, 0.25) is 5.02 Å². The summed E-state index contributed by atoms with van der Waals surface area (Å²) >= 11 is 6.28. The molecule has 2 atom stereocenters. The molecule has 0 aromatic heterocycles. The quantitative estimate of drug-likeness (QED) is 0.841. The molecule has 2 aliphatic heterocycles. The molecule has 5 heteroatoms. The minimum atomic E-state index is -0.0231. The van der Waals surface area contributed by atoms with Gasteiger partial charge in [-0.3, -0.25) is 9.69 Å². The maximum Gasteiger partial charge on any atom is 0.257 e. The van der Waals surface area contributed by atoms with Crippen molar-refractivity contribution in [2.24, 2.45) is 0 Å². The molecule has 0 N–H and O–H groups in total. The normalized spacial score (nSPS) is 23.4. The lowest BCUT2D eigenvalue weighted by Crippen LogP contribution is -2.44. The van der Waals surface area contributed by atoms with Crippen molar-refractivity contribution < 1.29 is 9.53 Å². The number of amides is 1. The summed E-state index contributed by atoms with van der Waals surface area (Å²) in [6.45, 7) is 2.33. The summed E-state index contributed by atoms with van der Waals surface area (Å²) in [7, 11) is 1.87. The first kappa shape index (κ1) is 15.5. The Morgan fingerprint density at radius 3 is 2.71 bits per heavy atom. The Hall–Kier alpha value is -2.04. The minimum Gasteiger partial charge on any atom is -0.486 e. The van der Waals surface area contributed by atoms with E-state index in [2.05, 4.69) is 4.90 Å². The molecule has 2 heterocycles. The monoisotopic (exact) mass is 342 g/mol. The van der Waals surface area contributed by atoms with E-state index >= 15 is 0 Å². The van der Waals surface area contributed by atoms with Gasteiger partial charge in [-0.05, 0) is 23.8 Å². The first-order valence-electron chi connectivity index (χ1n) is 8.12. The van der Waals surface area contributed by atoms with E-state index in [-0.39, 0.29) is 18.1 Å². The lowest BCUT2D eigenvalue weighted by Gasteiger charge is -2.25. The van der Waals surface area contributed by atoms with Crippen LogP contribution in [0.15, 0.2) is 48.5 Å². The van der Waals surface area contributed by atoms with Crippen molar-refractivity contribution >= 4 is 17.5 Å². The van der Waals surface area contributed by atoms with Crippen LogP contribution in [0.5, 0.6) is 5.75 Å². The third kappa shape index (κ3) is 2.66. The lowest BCUT2D eigenvalue weighted by molar-refractivity contribution is 0.0682. The van der Waals surface area contributed by atoms with Crippen molar-refractivity contribution in [1.82, 2.24) is 9.80 Å². The van der Waals surface area contributed by atoms with Crippen LogP contribution < -0.4 is 4.74 Å². The summed E-state index contributed by atoms with van der Waals surface area (Å²) in [6.07, 6.45) is -0.0231. The van der Waals surface area contributed by atoms with E-state index in [1.165, 1.54) is 0 Å². The molecular formula is C19H19ClN2O2. The van der Waals surface area contributed by atoms with Crippen LogP contribution in [0, 0.1) is 0 Å². The lowest BCUT2D eigenvalue weighted by atomic mass is 10.1. The van der Waals surface area contributed by atoms with E-state index in [0.717, 1.165) is 30.2 Å². The second-order valence-corrected chi connectivity index (χ2v) is 6.83. The largest absolute Gasteiger partial charge is 0.486 e. The summed E-state index contributed by atoms with van der Waals surface area (Å²) in [5.74, 6) is 0.708. The molecule has 4 rings (SSSR count). The van der Waals surface area contributed by atoms with E-state index in [1.54, 1.807) is 0 Å². The van der Waals surface area contributed by atoms with E-state index in [9.17, 15) is 4.79 Å². The van der Waals surface area contributed by atoms with E-state index in [4.69, 9.17) is 16.3 Å². The molecule has 0 spiro atoms. The maximum absolute atomic E-state index is 12.7. The number of likely N-dealkylation sites (N-methyl/N-ethyl adjacent to an activating group) is 1. The van der Waals surface area contributed by atoms with Crippen molar-refractivity contribution in [2.45, 2.75) is 18.7 Å². The maximum atomic E-state index is 12.7. The average molecular weight is 343 g/mol. The van der Waals surface area contributed by atoms with Gasteiger partial charge in [-0.25, -0.2) is 0 Å². The van der Waals surface area contributed by atoms with Crippen molar-refractivity contribution in [3.8, 4) is 5.75 Å². The molecule has 1 amide bonds. The topological polar surface area (TPSA) is 32.8 Å². The first-order valence-corrected chi connectivity index (χ1v) is 8.50. The molecule has 0 radical (unpaired) electrons. The number of rotatable bonds is 2. The SMILES string of the molecule is CN1C(=O)c2ccccc2O[C@H]2CN(Cc3ccccc3Cl)C[C@H]21. The van der Waals surface area contributed by atoms with Crippen LogP contribution in [-0.4, -0.2) is 48.0 Å². The highest BCUT2D eigenvalue weighted by Gasteiger charge is 2.42. The van der Waals surface area contributed by atoms with Gasteiger partial charge >= 0.3 is 0 Å². The molecule has 2 aliphatic rings. The number of carbonyl (C=O) groups is 1. The highest BCUT2D eigenvalue weighted by atomic mass is 35.5. The number of nitrogens with zero attached hydrogens (tertiary/aromatic N) is 2. The minimum absolute atomic E-state index is 0.0231. The Balaban J connectivity index is 1.57. The Labute approximate surface area is 146 Å². The summed E-state index contributed by atoms with van der Waals surface area (Å²) in [6, 6.07) is 15.4. The number of fused-ring (bicyclic) bond motifs is 2. The van der Waals surface area contributed by atoms with E-state index < -0.39 is 0 Å². The zero-order chi connectivity index (χ0) is 16.7. The average Bonchev–Trinajstić information content (AvgIpc) is 2.94. The smallest absolute Gasteiger partial charge is 0.257 e. The Morgan fingerprint density at radius 1 is 1.12 bits per heavy atom. The number of benzene rings is 2. The van der Waals surface area contributed by atoms with Crippen LogP contribution >= 0.6 is 11.6 Å². The molecule has 0 bridgehead atoms. The second kappa shape index (κ2) is 6.11. The van der Waals surface area contributed by atoms with Gasteiger partial charge in [0.05, 0.1) is 11.6 Å². The number of halogens is 1. The van der Waals surface area contributed by atoms with Crippen LogP contribution in [0.25, 0.3) is 0 Å². The van der Waals surface area contributed by atoms with Gasteiger partial charge in [0.1, 0.15) is 11.9 Å². The van der Waals surface area contributed by atoms with Crippen LogP contribution in [-0.2, 0) is 6.54 Å². The summed E-state index contributed by atoms with van der Waals surface area (Å²) in [5.41, 5.74) is 1.75. The van der Waals surface area contributed by atoms with Gasteiger partial charge in [0.15, 0.2) is 0 Å². The highest BCUT2D eigenvalue weighted by Crippen LogP contribution is 2.31. The Kier molecular flexibility index (Phi) is 3.94. The molecule has 24 heavy (non-hydrogen) atoms. The fourth-order valence-corrected chi connectivity index (χ4v) is 3.76. The zero-order valence-corrected chi connectivity index (χ0v) is 14.2. The summed E-state index contributed by atoms with van der Waals surface area (Å²) in [4.78, 5) is 16.8. The van der Waals surface area contributed by atoms with Gasteiger partial charge in [0.2, 0.25) is 0 Å². The number of hydrogen-bond acceptors (Lipinski definition) is 3. The van der Waals surface area contributed by atoms with Crippen molar-refractivity contribution in [2.75, 3.05) is 20.1 Å². The van der Waals surface area contributed by atoms with Crippen molar-refractivity contribution in [3.05, 3.63) is 64.7 Å². The third-order valence-corrected chi connectivity index (χ3v) is 5.25. The molecular weight excluding hydrogens is 324 g/mol. The molecule has 1 fully saturated rings. The Bertz CT molecular complexity index is 779. The summed E-state index contributed by atoms with van der Waals surface area (Å²) in [5, 5.41) is 0.778. The number of hydrogen-bond donors (Lipinski definition) is 0. The van der Waals surface area contributed by atoms with Gasteiger partial charge in [0.25, 0.3) is 5.91 Å². The zero-order valence-electron chi connectivity index (χ0n) is 13.5. The predicted molar refractivity (Wildman–Crippen MR) is 93.5 cm³/mol. The van der Waals surface area contributed by atoms with Crippen LogP contribution in [0.4, 0.5) is 0 Å². The van der Waals surface area contributed by atoms with Crippen molar-refractivity contribution in [3.63, 3.8) is 0 Å². The summed E-state index contributed by atoms with van der Waals surface area (Å²) < 4.78 is 6.18. The third-order valence-electron chi connectivity index (χ3n) is 4.88. The van der Waals surface area contributed by atoms with Gasteiger partial charge in [0, 0.05) is 31.7 Å². The van der Waals surface area contributed by atoms with Crippen LogP contribution in [0.1, 0.15) is 15.9 Å². The molecule has 0 saturated carbocycles.